The van der Waals surface area contributed by atoms with E-state index in [9.17, 15) is 0 Å². The number of halogens is 1. The van der Waals surface area contributed by atoms with Gasteiger partial charge in [0.25, 0.3) is 0 Å². The Bertz CT molecular complexity index is 524. The molecule has 0 saturated heterocycles. The molecule has 0 saturated carbocycles. The number of benzene rings is 1. The van der Waals surface area contributed by atoms with E-state index in [2.05, 4.69) is 9.97 Å². The van der Waals surface area contributed by atoms with Crippen molar-refractivity contribution in [3.8, 4) is 11.3 Å². The van der Waals surface area contributed by atoms with E-state index in [4.69, 9.17) is 11.6 Å². The first kappa shape index (κ1) is 11.9. The highest BCUT2D eigenvalue weighted by Gasteiger charge is 2.11. The average Bonchev–Trinajstić information content (AvgIpc) is 2.33. The van der Waals surface area contributed by atoms with Crippen molar-refractivity contribution < 1.29 is 0 Å². The van der Waals surface area contributed by atoms with Crippen LogP contribution in [0.15, 0.2) is 30.3 Å². The summed E-state index contributed by atoms with van der Waals surface area (Å²) in [6.45, 7) is 1.93. The molecule has 4 heteroatoms. The molecular formula is C13H14ClN3. The first-order valence-corrected chi connectivity index (χ1v) is 5.74. The smallest absolute Gasteiger partial charge is 0.226 e. The fourth-order valence-corrected chi connectivity index (χ4v) is 1.72. The van der Waals surface area contributed by atoms with Crippen LogP contribution < -0.4 is 4.90 Å². The topological polar surface area (TPSA) is 29.0 Å². The summed E-state index contributed by atoms with van der Waals surface area (Å²) in [6, 6.07) is 9.99. The number of aromatic nitrogens is 2. The van der Waals surface area contributed by atoms with Crippen LogP contribution in [0.3, 0.4) is 0 Å². The van der Waals surface area contributed by atoms with E-state index in [0.717, 1.165) is 16.8 Å². The predicted molar refractivity (Wildman–Crippen MR) is 71.5 cm³/mol. The van der Waals surface area contributed by atoms with E-state index in [1.807, 2.05) is 56.3 Å². The van der Waals surface area contributed by atoms with Crippen molar-refractivity contribution in [2.75, 3.05) is 19.0 Å². The Kier molecular flexibility index (Phi) is 3.29. The highest BCUT2D eigenvalue weighted by atomic mass is 35.5. The van der Waals surface area contributed by atoms with Crippen LogP contribution in [-0.4, -0.2) is 24.1 Å². The first-order chi connectivity index (χ1) is 8.09. The van der Waals surface area contributed by atoms with E-state index in [-0.39, 0.29) is 0 Å². The molecule has 0 amide bonds. The summed E-state index contributed by atoms with van der Waals surface area (Å²) in [5.41, 5.74) is 2.84. The standard InChI is InChI=1S/C13H14ClN3/c1-9-11(10-7-5-4-6-8-10)15-13(17(2)3)16-12(9)14/h4-8H,1-3H3. The van der Waals surface area contributed by atoms with Crippen LogP contribution >= 0.6 is 11.6 Å². The molecular weight excluding hydrogens is 234 g/mol. The Morgan fingerprint density at radius 2 is 1.71 bits per heavy atom. The highest BCUT2D eigenvalue weighted by Crippen LogP contribution is 2.27. The van der Waals surface area contributed by atoms with Crippen LogP contribution in [0, 0.1) is 6.92 Å². The minimum atomic E-state index is 0.502. The molecule has 0 unspecified atom stereocenters. The van der Waals surface area contributed by atoms with Gasteiger partial charge in [0.1, 0.15) is 5.15 Å². The van der Waals surface area contributed by atoms with Crippen LogP contribution in [0.5, 0.6) is 0 Å². The highest BCUT2D eigenvalue weighted by molar-refractivity contribution is 6.30. The number of hydrogen-bond acceptors (Lipinski definition) is 3. The summed E-state index contributed by atoms with van der Waals surface area (Å²) in [5, 5.41) is 0.502. The normalized spacial score (nSPS) is 10.4. The molecule has 0 spiro atoms. The van der Waals surface area contributed by atoms with E-state index in [1.54, 1.807) is 0 Å². The van der Waals surface area contributed by atoms with Crippen LogP contribution in [0.25, 0.3) is 11.3 Å². The van der Waals surface area contributed by atoms with Crippen molar-refractivity contribution in [3.05, 3.63) is 41.0 Å². The summed E-state index contributed by atoms with van der Waals surface area (Å²) in [7, 11) is 3.80. The Morgan fingerprint density at radius 3 is 2.29 bits per heavy atom. The summed E-state index contributed by atoms with van der Waals surface area (Å²) >= 11 is 6.14. The third kappa shape index (κ3) is 2.39. The minimum Gasteiger partial charge on any atom is -0.347 e. The van der Waals surface area contributed by atoms with Gasteiger partial charge in [0, 0.05) is 25.2 Å². The van der Waals surface area contributed by atoms with E-state index >= 15 is 0 Å². The Balaban J connectivity index is 2.61. The molecule has 3 nitrogen and oxygen atoms in total. The van der Waals surface area contributed by atoms with Gasteiger partial charge in [-0.25, -0.2) is 9.97 Å². The largest absolute Gasteiger partial charge is 0.347 e. The average molecular weight is 248 g/mol. The molecule has 2 rings (SSSR count). The zero-order chi connectivity index (χ0) is 12.4. The molecule has 1 aromatic carbocycles. The van der Waals surface area contributed by atoms with E-state index < -0.39 is 0 Å². The molecule has 17 heavy (non-hydrogen) atoms. The number of nitrogens with zero attached hydrogens (tertiary/aromatic N) is 3. The maximum absolute atomic E-state index is 6.14. The van der Waals surface area contributed by atoms with Crippen molar-refractivity contribution in [3.63, 3.8) is 0 Å². The van der Waals surface area contributed by atoms with Crippen LogP contribution in [-0.2, 0) is 0 Å². The second-order valence-electron chi connectivity index (χ2n) is 4.05. The molecule has 0 aliphatic heterocycles. The quantitative estimate of drug-likeness (QED) is 0.764. The second-order valence-corrected chi connectivity index (χ2v) is 4.41. The van der Waals surface area contributed by atoms with Crippen molar-refractivity contribution in [1.29, 1.82) is 0 Å². The molecule has 0 N–H and O–H groups in total. The summed E-state index contributed by atoms with van der Waals surface area (Å²) in [6.07, 6.45) is 0. The summed E-state index contributed by atoms with van der Waals surface area (Å²) in [4.78, 5) is 10.6. The molecule has 0 aliphatic rings. The van der Waals surface area contributed by atoms with E-state index in [1.165, 1.54) is 0 Å². The van der Waals surface area contributed by atoms with Gasteiger partial charge in [-0.15, -0.1) is 0 Å². The van der Waals surface area contributed by atoms with Gasteiger partial charge in [0.2, 0.25) is 5.95 Å². The van der Waals surface area contributed by atoms with Crippen LogP contribution in [0.1, 0.15) is 5.56 Å². The minimum absolute atomic E-state index is 0.502. The van der Waals surface area contributed by atoms with Gasteiger partial charge in [0.15, 0.2) is 0 Å². The lowest BCUT2D eigenvalue weighted by atomic mass is 10.1. The zero-order valence-corrected chi connectivity index (χ0v) is 10.9. The van der Waals surface area contributed by atoms with Crippen molar-refractivity contribution in [2.24, 2.45) is 0 Å². The molecule has 1 heterocycles. The first-order valence-electron chi connectivity index (χ1n) is 5.36. The fourth-order valence-electron chi connectivity index (χ4n) is 1.56. The molecule has 2 aromatic rings. The molecule has 1 aromatic heterocycles. The fraction of sp³-hybridized carbons (Fsp3) is 0.231. The van der Waals surface area contributed by atoms with Crippen LogP contribution in [0.4, 0.5) is 5.95 Å². The third-order valence-corrected chi connectivity index (χ3v) is 2.89. The third-order valence-electron chi connectivity index (χ3n) is 2.52. The van der Waals surface area contributed by atoms with Gasteiger partial charge in [-0.05, 0) is 6.92 Å². The molecule has 0 aliphatic carbocycles. The summed E-state index contributed by atoms with van der Waals surface area (Å²) < 4.78 is 0. The molecule has 0 bridgehead atoms. The number of rotatable bonds is 2. The molecule has 0 radical (unpaired) electrons. The monoisotopic (exact) mass is 247 g/mol. The van der Waals surface area contributed by atoms with Crippen molar-refractivity contribution in [1.82, 2.24) is 9.97 Å². The van der Waals surface area contributed by atoms with Gasteiger partial charge < -0.3 is 4.90 Å². The molecule has 0 atom stereocenters. The number of hydrogen-bond donors (Lipinski definition) is 0. The lowest BCUT2D eigenvalue weighted by Gasteiger charge is -2.14. The predicted octanol–water partition coefficient (Wildman–Crippen LogP) is 3.17. The lowest BCUT2D eigenvalue weighted by Crippen LogP contribution is -2.13. The van der Waals surface area contributed by atoms with E-state index in [0.29, 0.717) is 11.1 Å². The summed E-state index contributed by atoms with van der Waals surface area (Å²) in [5.74, 6) is 0.624. The lowest BCUT2D eigenvalue weighted by molar-refractivity contribution is 0.992. The SMILES string of the molecule is Cc1c(Cl)nc(N(C)C)nc1-c1ccccc1. The van der Waals surface area contributed by atoms with Gasteiger partial charge in [0.05, 0.1) is 5.69 Å². The van der Waals surface area contributed by atoms with Crippen molar-refractivity contribution >= 4 is 17.5 Å². The van der Waals surface area contributed by atoms with Crippen LogP contribution in [0.2, 0.25) is 5.15 Å². The molecule has 88 valence electrons. The van der Waals surface area contributed by atoms with Crippen molar-refractivity contribution in [2.45, 2.75) is 6.92 Å². The maximum Gasteiger partial charge on any atom is 0.226 e. The molecule has 0 fully saturated rings. The Hall–Kier alpha value is -1.61. The van der Waals surface area contributed by atoms with Gasteiger partial charge >= 0.3 is 0 Å². The second kappa shape index (κ2) is 4.72. The van der Waals surface area contributed by atoms with Gasteiger partial charge in [-0.2, -0.15) is 0 Å². The Labute approximate surface area is 106 Å². The maximum atomic E-state index is 6.14. The van der Waals surface area contributed by atoms with Gasteiger partial charge in [-0.1, -0.05) is 41.9 Å². The number of anilines is 1. The Morgan fingerprint density at radius 1 is 1.06 bits per heavy atom. The van der Waals surface area contributed by atoms with Gasteiger partial charge in [-0.3, -0.25) is 0 Å². The zero-order valence-electron chi connectivity index (χ0n) is 10.1.